The van der Waals surface area contributed by atoms with E-state index in [-0.39, 0.29) is 0 Å². The Bertz CT molecular complexity index is 297. The van der Waals surface area contributed by atoms with Gasteiger partial charge >= 0.3 is 10.7 Å². The van der Waals surface area contributed by atoms with Gasteiger partial charge < -0.3 is 5.32 Å². The SMILES string of the molecule is O=C(Nc1ccccc1)C(F)(F)Br. The zero-order valence-electron chi connectivity index (χ0n) is 6.43. The number of amides is 1. The average Bonchev–Trinajstić information content (AvgIpc) is 2.04. The van der Waals surface area contributed by atoms with Gasteiger partial charge in [0.1, 0.15) is 0 Å². The lowest BCUT2D eigenvalue weighted by Gasteiger charge is -2.08. The summed E-state index contributed by atoms with van der Waals surface area (Å²) in [6.45, 7) is 0. The minimum Gasteiger partial charge on any atom is -0.320 e. The highest BCUT2D eigenvalue weighted by Gasteiger charge is 2.34. The van der Waals surface area contributed by atoms with Gasteiger partial charge in [-0.25, -0.2) is 0 Å². The van der Waals surface area contributed by atoms with Gasteiger partial charge in [-0.1, -0.05) is 18.2 Å². The first-order valence-electron chi connectivity index (χ1n) is 3.43. The Balaban J connectivity index is 2.66. The smallest absolute Gasteiger partial charge is 0.320 e. The lowest BCUT2D eigenvalue weighted by atomic mass is 10.3. The van der Waals surface area contributed by atoms with E-state index in [2.05, 4.69) is 0 Å². The van der Waals surface area contributed by atoms with Gasteiger partial charge in [0.05, 0.1) is 0 Å². The van der Waals surface area contributed by atoms with Crippen LogP contribution < -0.4 is 5.32 Å². The van der Waals surface area contributed by atoms with E-state index in [9.17, 15) is 13.6 Å². The summed E-state index contributed by atoms with van der Waals surface area (Å²) < 4.78 is 24.6. The van der Waals surface area contributed by atoms with Crippen molar-refractivity contribution in [1.82, 2.24) is 0 Å². The highest BCUT2D eigenvalue weighted by molar-refractivity contribution is 9.10. The number of benzene rings is 1. The molecule has 0 saturated carbocycles. The number of hydrogen-bond donors (Lipinski definition) is 1. The summed E-state index contributed by atoms with van der Waals surface area (Å²) in [6.07, 6.45) is 0. The molecule has 1 amide bonds. The quantitative estimate of drug-likeness (QED) is 0.803. The number of nitrogens with one attached hydrogen (secondary N) is 1. The highest BCUT2D eigenvalue weighted by atomic mass is 79.9. The van der Waals surface area contributed by atoms with Crippen LogP contribution in [0.5, 0.6) is 0 Å². The molecule has 0 atom stereocenters. The number of hydrogen-bond acceptors (Lipinski definition) is 1. The minimum atomic E-state index is -3.52. The van der Waals surface area contributed by atoms with Gasteiger partial charge in [0.2, 0.25) is 0 Å². The largest absolute Gasteiger partial charge is 0.378 e. The van der Waals surface area contributed by atoms with Crippen molar-refractivity contribution in [1.29, 1.82) is 0 Å². The summed E-state index contributed by atoms with van der Waals surface area (Å²) in [5.41, 5.74) is 0.339. The summed E-state index contributed by atoms with van der Waals surface area (Å²) in [6, 6.07) is 8.05. The van der Waals surface area contributed by atoms with E-state index in [1.165, 1.54) is 12.1 Å². The Kier molecular flexibility index (Phi) is 2.98. The zero-order valence-corrected chi connectivity index (χ0v) is 8.01. The third kappa shape index (κ3) is 3.10. The second-order valence-electron chi connectivity index (χ2n) is 2.32. The molecule has 5 heteroatoms. The number of rotatable bonds is 2. The normalized spacial score (nSPS) is 11.0. The molecule has 1 aromatic rings. The van der Waals surface area contributed by atoms with Crippen molar-refractivity contribution in [3.8, 4) is 0 Å². The number of carbonyl (C=O) groups excluding carboxylic acids is 1. The van der Waals surface area contributed by atoms with Gasteiger partial charge in [-0.15, -0.1) is 0 Å². The first kappa shape index (κ1) is 10.1. The lowest BCUT2D eigenvalue weighted by Crippen LogP contribution is -2.28. The Labute approximate surface area is 82.1 Å². The van der Waals surface area contributed by atoms with E-state index in [4.69, 9.17) is 0 Å². The molecule has 1 rings (SSSR count). The third-order valence-corrected chi connectivity index (χ3v) is 1.65. The highest BCUT2D eigenvalue weighted by Crippen LogP contribution is 2.23. The molecule has 0 aliphatic heterocycles. The summed E-state index contributed by atoms with van der Waals surface area (Å²) in [5, 5.41) is 2.05. The van der Waals surface area contributed by atoms with E-state index in [1.807, 2.05) is 21.2 Å². The second-order valence-corrected chi connectivity index (χ2v) is 3.31. The molecule has 2 nitrogen and oxygen atoms in total. The summed E-state index contributed by atoms with van der Waals surface area (Å²) in [4.78, 5) is 7.20. The van der Waals surface area contributed by atoms with Crippen LogP contribution >= 0.6 is 15.9 Å². The fourth-order valence-electron chi connectivity index (χ4n) is 0.723. The molecular weight excluding hydrogens is 244 g/mol. The molecule has 0 fully saturated rings. The number of carbonyl (C=O) groups is 1. The van der Waals surface area contributed by atoms with Crippen molar-refractivity contribution >= 4 is 27.5 Å². The predicted molar refractivity (Wildman–Crippen MR) is 48.9 cm³/mol. The first-order chi connectivity index (χ1) is 6.00. The maximum Gasteiger partial charge on any atom is 0.378 e. The molecule has 0 aliphatic rings. The van der Waals surface area contributed by atoms with Crippen molar-refractivity contribution in [2.75, 3.05) is 5.32 Å². The molecule has 0 unspecified atom stereocenters. The van der Waals surface area contributed by atoms with Crippen LogP contribution in [0, 0.1) is 0 Å². The van der Waals surface area contributed by atoms with Crippen LogP contribution in [0.1, 0.15) is 0 Å². The number of halogens is 3. The van der Waals surface area contributed by atoms with Crippen LogP contribution in [0.2, 0.25) is 0 Å². The molecule has 13 heavy (non-hydrogen) atoms. The molecule has 0 radical (unpaired) electrons. The fraction of sp³-hybridized carbons (Fsp3) is 0.125. The van der Waals surface area contributed by atoms with Gasteiger partial charge in [-0.2, -0.15) is 8.78 Å². The Morgan fingerprint density at radius 3 is 2.31 bits per heavy atom. The maximum absolute atomic E-state index is 12.3. The third-order valence-electron chi connectivity index (χ3n) is 1.29. The standard InChI is InChI=1S/C8H6BrF2NO/c9-8(10,11)7(13)12-6-4-2-1-3-5-6/h1-5H,(H,12,13). The first-order valence-corrected chi connectivity index (χ1v) is 4.22. The van der Waals surface area contributed by atoms with Gasteiger partial charge in [-0.3, -0.25) is 4.79 Å². The average molecular weight is 250 g/mol. The zero-order chi connectivity index (χ0) is 9.90. The van der Waals surface area contributed by atoms with E-state index in [0.29, 0.717) is 5.69 Å². The van der Waals surface area contributed by atoms with E-state index in [1.54, 1.807) is 18.2 Å². The molecule has 70 valence electrons. The number of para-hydroxylation sites is 1. The molecule has 0 aliphatic carbocycles. The summed E-state index contributed by atoms with van der Waals surface area (Å²) >= 11 is 1.96. The van der Waals surface area contributed by atoms with Gasteiger partial charge in [0, 0.05) is 21.6 Å². The Hall–Kier alpha value is -0.970. The molecule has 0 heterocycles. The molecule has 0 spiro atoms. The van der Waals surface area contributed by atoms with Crippen LogP contribution in [0.3, 0.4) is 0 Å². The number of alkyl halides is 3. The molecule has 0 bridgehead atoms. The molecule has 1 aromatic carbocycles. The molecular formula is C8H6BrF2NO. The molecule has 0 aromatic heterocycles. The van der Waals surface area contributed by atoms with Crippen LogP contribution in [-0.2, 0) is 4.79 Å². The fourth-order valence-corrected chi connectivity index (χ4v) is 0.823. The predicted octanol–water partition coefficient (Wildman–Crippen LogP) is 2.61. The monoisotopic (exact) mass is 249 g/mol. The minimum absolute atomic E-state index is 0.339. The van der Waals surface area contributed by atoms with E-state index in [0.717, 1.165) is 0 Å². The van der Waals surface area contributed by atoms with Gasteiger partial charge in [-0.05, 0) is 12.1 Å². The van der Waals surface area contributed by atoms with Crippen molar-refractivity contribution in [3.63, 3.8) is 0 Å². The van der Waals surface area contributed by atoms with Crippen LogP contribution in [-0.4, -0.2) is 10.7 Å². The van der Waals surface area contributed by atoms with Gasteiger partial charge in [0.25, 0.3) is 0 Å². The number of anilines is 1. The Morgan fingerprint density at radius 1 is 1.31 bits per heavy atom. The summed E-state index contributed by atoms with van der Waals surface area (Å²) in [5.74, 6) is -1.38. The topological polar surface area (TPSA) is 29.1 Å². The lowest BCUT2D eigenvalue weighted by molar-refractivity contribution is -0.128. The molecule has 1 N–H and O–H groups in total. The van der Waals surface area contributed by atoms with Crippen molar-refractivity contribution in [3.05, 3.63) is 30.3 Å². The van der Waals surface area contributed by atoms with Gasteiger partial charge in [0.15, 0.2) is 0 Å². The molecule has 0 saturated heterocycles. The summed E-state index contributed by atoms with van der Waals surface area (Å²) in [7, 11) is 0. The van der Waals surface area contributed by atoms with Crippen LogP contribution in [0.15, 0.2) is 30.3 Å². The second kappa shape index (κ2) is 3.83. The van der Waals surface area contributed by atoms with Crippen LogP contribution in [0.4, 0.5) is 14.5 Å². The van der Waals surface area contributed by atoms with Crippen molar-refractivity contribution in [2.24, 2.45) is 0 Å². The maximum atomic E-state index is 12.3. The van der Waals surface area contributed by atoms with Crippen LogP contribution in [0.25, 0.3) is 0 Å². The van der Waals surface area contributed by atoms with E-state index < -0.39 is 10.7 Å². The van der Waals surface area contributed by atoms with Crippen molar-refractivity contribution < 1.29 is 13.6 Å². The van der Waals surface area contributed by atoms with E-state index >= 15 is 0 Å². The Morgan fingerprint density at radius 2 is 1.85 bits per heavy atom. The van der Waals surface area contributed by atoms with Crippen molar-refractivity contribution in [2.45, 2.75) is 4.83 Å².